The minimum Gasteiger partial charge on any atom is -0.490 e. The summed E-state index contributed by atoms with van der Waals surface area (Å²) in [6.07, 6.45) is 1.85. The Morgan fingerprint density at radius 1 is 1.33 bits per heavy atom. The largest absolute Gasteiger partial charge is 0.490 e. The number of thiazole rings is 1. The zero-order valence-electron chi connectivity index (χ0n) is 13.6. The molecule has 1 aromatic carbocycles. The molecule has 0 atom stereocenters. The van der Waals surface area contributed by atoms with Crippen molar-refractivity contribution in [2.45, 2.75) is 32.4 Å². The van der Waals surface area contributed by atoms with Gasteiger partial charge < -0.3 is 15.4 Å². The third-order valence-electron chi connectivity index (χ3n) is 4.00. The molecule has 0 spiro atoms. The fraction of sp³-hybridized carbons (Fsp3) is 0.412. The van der Waals surface area contributed by atoms with Crippen molar-refractivity contribution >= 4 is 29.7 Å². The van der Waals surface area contributed by atoms with Crippen LogP contribution in [0.2, 0.25) is 0 Å². The van der Waals surface area contributed by atoms with E-state index in [9.17, 15) is 4.79 Å². The van der Waals surface area contributed by atoms with Crippen LogP contribution in [-0.2, 0) is 6.54 Å². The summed E-state index contributed by atoms with van der Waals surface area (Å²) in [5.41, 5.74) is 7.28. The standard InChI is InChI=1S/C17H21N3O2S.ClH/c1-12-2-4-13(5-3-12)22-14-6-8-20(9-7-14)17(21)15-11-23-16(10-18)19-15;/h2-5,11,14H,6-10,18H2,1H3;1H. The van der Waals surface area contributed by atoms with Crippen LogP contribution in [-0.4, -0.2) is 35.0 Å². The number of hydrogen-bond acceptors (Lipinski definition) is 5. The molecule has 0 radical (unpaired) electrons. The Bertz CT molecular complexity index is 667. The molecular weight excluding hydrogens is 346 g/mol. The molecule has 0 unspecified atom stereocenters. The molecule has 24 heavy (non-hydrogen) atoms. The number of carbonyl (C=O) groups excluding carboxylic acids is 1. The van der Waals surface area contributed by atoms with E-state index in [0.717, 1.165) is 23.6 Å². The van der Waals surface area contributed by atoms with Crippen LogP contribution < -0.4 is 10.5 Å². The van der Waals surface area contributed by atoms with E-state index in [1.807, 2.05) is 29.2 Å². The number of amides is 1. The van der Waals surface area contributed by atoms with Gasteiger partial charge in [0.1, 0.15) is 22.6 Å². The minimum atomic E-state index is -0.00487. The summed E-state index contributed by atoms with van der Waals surface area (Å²) >= 11 is 1.44. The molecule has 1 fully saturated rings. The van der Waals surface area contributed by atoms with Gasteiger partial charge >= 0.3 is 0 Å². The summed E-state index contributed by atoms with van der Waals surface area (Å²) in [4.78, 5) is 18.5. The van der Waals surface area contributed by atoms with Crippen LogP contribution in [0, 0.1) is 6.92 Å². The SMILES string of the molecule is Cc1ccc(OC2CCN(C(=O)c3csc(CN)n3)CC2)cc1.Cl. The zero-order chi connectivity index (χ0) is 16.2. The van der Waals surface area contributed by atoms with Crippen molar-refractivity contribution in [2.24, 2.45) is 5.73 Å². The van der Waals surface area contributed by atoms with Crippen LogP contribution >= 0.6 is 23.7 Å². The van der Waals surface area contributed by atoms with E-state index >= 15 is 0 Å². The van der Waals surface area contributed by atoms with E-state index in [2.05, 4.69) is 11.9 Å². The lowest BCUT2D eigenvalue weighted by molar-refractivity contribution is 0.0590. The van der Waals surface area contributed by atoms with Crippen molar-refractivity contribution in [3.63, 3.8) is 0 Å². The second kappa shape index (κ2) is 8.46. The maximum Gasteiger partial charge on any atom is 0.273 e. The van der Waals surface area contributed by atoms with Gasteiger partial charge in [-0.05, 0) is 19.1 Å². The summed E-state index contributed by atoms with van der Waals surface area (Å²) in [7, 11) is 0. The monoisotopic (exact) mass is 367 g/mol. The number of piperidine rings is 1. The third kappa shape index (κ3) is 4.47. The summed E-state index contributed by atoms with van der Waals surface area (Å²) < 4.78 is 6.00. The highest BCUT2D eigenvalue weighted by molar-refractivity contribution is 7.09. The molecule has 1 aromatic heterocycles. The average Bonchev–Trinajstić information content (AvgIpc) is 3.06. The predicted octanol–water partition coefficient (Wildman–Crippen LogP) is 3.02. The van der Waals surface area contributed by atoms with Crippen LogP contribution in [0.4, 0.5) is 0 Å². The van der Waals surface area contributed by atoms with E-state index in [1.165, 1.54) is 16.9 Å². The first-order chi connectivity index (χ1) is 11.2. The zero-order valence-corrected chi connectivity index (χ0v) is 15.2. The molecule has 1 saturated heterocycles. The van der Waals surface area contributed by atoms with E-state index in [4.69, 9.17) is 10.5 Å². The second-order valence-corrected chi connectivity index (χ2v) is 6.70. The Morgan fingerprint density at radius 3 is 2.58 bits per heavy atom. The lowest BCUT2D eigenvalue weighted by Gasteiger charge is -2.31. The normalized spacial score (nSPS) is 15.0. The Balaban J connectivity index is 0.00000208. The third-order valence-corrected chi connectivity index (χ3v) is 4.87. The molecule has 1 aliphatic heterocycles. The number of hydrogen-bond donors (Lipinski definition) is 1. The fourth-order valence-corrected chi connectivity index (χ4v) is 3.30. The van der Waals surface area contributed by atoms with Gasteiger partial charge in [-0.25, -0.2) is 4.98 Å². The van der Waals surface area contributed by atoms with Crippen molar-refractivity contribution in [3.05, 3.63) is 45.9 Å². The number of nitrogens with two attached hydrogens (primary N) is 1. The summed E-state index contributed by atoms with van der Waals surface area (Å²) in [6, 6.07) is 8.09. The molecule has 1 aliphatic rings. The quantitative estimate of drug-likeness (QED) is 0.901. The summed E-state index contributed by atoms with van der Waals surface area (Å²) in [5, 5.41) is 2.59. The van der Waals surface area contributed by atoms with E-state index in [0.29, 0.717) is 25.3 Å². The van der Waals surface area contributed by atoms with Crippen LogP contribution in [0.25, 0.3) is 0 Å². The first kappa shape index (κ1) is 18.7. The Kier molecular flexibility index (Phi) is 6.60. The van der Waals surface area contributed by atoms with Gasteiger partial charge in [0.2, 0.25) is 0 Å². The molecule has 1 amide bonds. The topological polar surface area (TPSA) is 68.5 Å². The van der Waals surface area contributed by atoms with Crippen molar-refractivity contribution in [1.82, 2.24) is 9.88 Å². The first-order valence-electron chi connectivity index (χ1n) is 7.83. The van der Waals surface area contributed by atoms with Gasteiger partial charge in [0.05, 0.1) is 0 Å². The Morgan fingerprint density at radius 2 is 2.00 bits per heavy atom. The molecule has 0 aliphatic carbocycles. The highest BCUT2D eigenvalue weighted by Gasteiger charge is 2.25. The molecular formula is C17H22ClN3O2S. The van der Waals surface area contributed by atoms with Crippen LogP contribution in [0.1, 0.15) is 33.9 Å². The maximum atomic E-state index is 12.4. The van der Waals surface area contributed by atoms with Crippen LogP contribution in [0.5, 0.6) is 5.75 Å². The molecule has 3 rings (SSSR count). The first-order valence-corrected chi connectivity index (χ1v) is 8.71. The van der Waals surface area contributed by atoms with E-state index < -0.39 is 0 Å². The molecule has 2 aromatic rings. The second-order valence-electron chi connectivity index (χ2n) is 5.75. The highest BCUT2D eigenvalue weighted by atomic mass is 35.5. The average molecular weight is 368 g/mol. The van der Waals surface area contributed by atoms with Crippen molar-refractivity contribution in [3.8, 4) is 5.75 Å². The van der Waals surface area contributed by atoms with Gasteiger partial charge in [0.15, 0.2) is 0 Å². The molecule has 7 heteroatoms. The molecule has 0 saturated carbocycles. The molecule has 2 N–H and O–H groups in total. The molecule has 0 bridgehead atoms. The van der Waals surface area contributed by atoms with Crippen molar-refractivity contribution < 1.29 is 9.53 Å². The number of ether oxygens (including phenoxy) is 1. The fourth-order valence-electron chi connectivity index (χ4n) is 2.65. The Labute approximate surface area is 152 Å². The van der Waals surface area contributed by atoms with Gasteiger partial charge in [-0.2, -0.15) is 0 Å². The number of nitrogens with zero attached hydrogens (tertiary/aromatic N) is 2. The minimum absolute atomic E-state index is 0. The van der Waals surface area contributed by atoms with Crippen LogP contribution in [0.15, 0.2) is 29.6 Å². The Hall–Kier alpha value is -1.63. The lowest BCUT2D eigenvalue weighted by Crippen LogP contribution is -2.41. The van der Waals surface area contributed by atoms with Gasteiger partial charge in [-0.1, -0.05) is 17.7 Å². The molecule has 130 valence electrons. The van der Waals surface area contributed by atoms with Crippen LogP contribution in [0.3, 0.4) is 0 Å². The van der Waals surface area contributed by atoms with Crippen molar-refractivity contribution in [2.75, 3.05) is 13.1 Å². The van der Waals surface area contributed by atoms with Gasteiger partial charge in [0.25, 0.3) is 5.91 Å². The number of benzene rings is 1. The maximum absolute atomic E-state index is 12.4. The van der Waals surface area contributed by atoms with Gasteiger partial charge in [-0.15, -0.1) is 23.7 Å². The number of rotatable bonds is 4. The number of likely N-dealkylation sites (tertiary alicyclic amines) is 1. The summed E-state index contributed by atoms with van der Waals surface area (Å²) in [6.45, 7) is 3.84. The smallest absolute Gasteiger partial charge is 0.273 e. The highest BCUT2D eigenvalue weighted by Crippen LogP contribution is 2.21. The molecule has 5 nitrogen and oxygen atoms in total. The number of halogens is 1. The van der Waals surface area contributed by atoms with Crippen molar-refractivity contribution in [1.29, 1.82) is 0 Å². The number of aromatic nitrogens is 1. The number of aryl methyl sites for hydroxylation is 1. The lowest BCUT2D eigenvalue weighted by atomic mass is 10.1. The summed E-state index contributed by atoms with van der Waals surface area (Å²) in [5.74, 6) is 0.891. The van der Waals surface area contributed by atoms with E-state index in [-0.39, 0.29) is 24.4 Å². The van der Waals surface area contributed by atoms with Gasteiger partial charge in [0, 0.05) is 37.9 Å². The molecule has 2 heterocycles. The number of carbonyl (C=O) groups is 1. The van der Waals surface area contributed by atoms with Gasteiger partial charge in [-0.3, -0.25) is 4.79 Å². The van der Waals surface area contributed by atoms with E-state index in [1.54, 1.807) is 5.38 Å². The predicted molar refractivity (Wildman–Crippen MR) is 98.0 cm³/mol.